The first-order valence-corrected chi connectivity index (χ1v) is 10.9. The van der Waals surface area contributed by atoms with Gasteiger partial charge in [-0.3, -0.25) is 9.20 Å². The van der Waals surface area contributed by atoms with Crippen molar-refractivity contribution in [2.24, 2.45) is 0 Å². The number of hydrogen-bond acceptors (Lipinski definition) is 5. The van der Waals surface area contributed by atoms with E-state index in [1.54, 1.807) is 24.1 Å². The minimum absolute atomic E-state index is 0.127. The van der Waals surface area contributed by atoms with Crippen LogP contribution < -0.4 is 5.32 Å². The summed E-state index contributed by atoms with van der Waals surface area (Å²) in [4.78, 5) is 12.5. The first kappa shape index (κ1) is 19.4. The standard InChI is InChI=1S/C24H20N4O2S/c1-16-12-22-26-27-24(28(22)21-10-3-2-9-20(16)21)31-15-17-6-4-7-18(13-17)23(29)25-14-19-8-5-11-30-19/h2-13H,14-15H2,1H3,(H,25,29). The van der Waals surface area contributed by atoms with Crippen molar-refractivity contribution in [2.45, 2.75) is 24.4 Å². The van der Waals surface area contributed by atoms with E-state index < -0.39 is 0 Å². The number of furan rings is 1. The van der Waals surface area contributed by atoms with Crippen molar-refractivity contribution >= 4 is 34.2 Å². The van der Waals surface area contributed by atoms with E-state index in [1.807, 2.05) is 42.5 Å². The molecule has 31 heavy (non-hydrogen) atoms. The lowest BCUT2D eigenvalue weighted by atomic mass is 10.1. The molecule has 7 heteroatoms. The monoisotopic (exact) mass is 428 g/mol. The second kappa shape index (κ2) is 8.28. The van der Waals surface area contributed by atoms with Gasteiger partial charge in [-0.25, -0.2) is 0 Å². The highest BCUT2D eigenvalue weighted by atomic mass is 32.2. The first-order chi connectivity index (χ1) is 15.2. The topological polar surface area (TPSA) is 72.4 Å². The fourth-order valence-electron chi connectivity index (χ4n) is 3.60. The van der Waals surface area contributed by atoms with Gasteiger partial charge >= 0.3 is 0 Å². The number of pyridine rings is 1. The number of hydrogen-bond donors (Lipinski definition) is 1. The predicted molar refractivity (Wildman–Crippen MR) is 121 cm³/mol. The van der Waals surface area contributed by atoms with Crippen LogP contribution in [0.15, 0.2) is 82.6 Å². The molecule has 0 aliphatic rings. The number of aromatic nitrogens is 3. The van der Waals surface area contributed by atoms with Crippen LogP contribution in [0, 0.1) is 6.92 Å². The average molecular weight is 429 g/mol. The Bertz CT molecular complexity index is 1380. The Morgan fingerprint density at radius 3 is 2.84 bits per heavy atom. The van der Waals surface area contributed by atoms with Crippen LogP contribution in [0.2, 0.25) is 0 Å². The Morgan fingerprint density at radius 1 is 1.06 bits per heavy atom. The molecule has 1 N–H and O–H groups in total. The number of thioether (sulfide) groups is 1. The molecule has 0 fully saturated rings. The van der Waals surface area contributed by atoms with Crippen molar-refractivity contribution < 1.29 is 9.21 Å². The van der Waals surface area contributed by atoms with E-state index in [9.17, 15) is 4.79 Å². The van der Waals surface area contributed by atoms with E-state index in [1.165, 1.54) is 10.9 Å². The molecule has 5 aromatic rings. The van der Waals surface area contributed by atoms with Gasteiger partial charge in [0.1, 0.15) is 5.76 Å². The van der Waals surface area contributed by atoms with Gasteiger partial charge in [0, 0.05) is 16.7 Å². The summed E-state index contributed by atoms with van der Waals surface area (Å²) >= 11 is 1.60. The zero-order valence-electron chi connectivity index (χ0n) is 16.9. The van der Waals surface area contributed by atoms with Crippen molar-refractivity contribution in [1.29, 1.82) is 0 Å². The summed E-state index contributed by atoms with van der Waals surface area (Å²) in [6.07, 6.45) is 1.60. The molecule has 2 aromatic carbocycles. The fourth-order valence-corrected chi connectivity index (χ4v) is 4.50. The van der Waals surface area contributed by atoms with Crippen molar-refractivity contribution in [1.82, 2.24) is 19.9 Å². The summed E-state index contributed by atoms with van der Waals surface area (Å²) in [7, 11) is 0. The SMILES string of the molecule is Cc1cc2nnc(SCc3cccc(C(=O)NCc4ccco4)c3)n2c2ccccc12. The number of nitrogens with one attached hydrogen (secondary N) is 1. The number of carbonyl (C=O) groups is 1. The molecular weight excluding hydrogens is 408 g/mol. The second-order valence-electron chi connectivity index (χ2n) is 7.27. The van der Waals surface area contributed by atoms with Gasteiger partial charge in [-0.1, -0.05) is 42.1 Å². The average Bonchev–Trinajstić information content (AvgIpc) is 3.46. The molecule has 0 atom stereocenters. The van der Waals surface area contributed by atoms with Gasteiger partial charge in [0.15, 0.2) is 10.8 Å². The molecule has 1 amide bonds. The van der Waals surface area contributed by atoms with Crippen LogP contribution in [0.1, 0.15) is 27.2 Å². The summed E-state index contributed by atoms with van der Waals surface area (Å²) < 4.78 is 7.35. The zero-order chi connectivity index (χ0) is 21.2. The van der Waals surface area contributed by atoms with E-state index in [-0.39, 0.29) is 5.91 Å². The van der Waals surface area contributed by atoms with Gasteiger partial charge in [0.05, 0.1) is 18.3 Å². The highest BCUT2D eigenvalue weighted by Gasteiger charge is 2.12. The normalized spacial score (nSPS) is 11.3. The highest BCUT2D eigenvalue weighted by Crippen LogP contribution is 2.27. The molecule has 6 nitrogen and oxygen atoms in total. The highest BCUT2D eigenvalue weighted by molar-refractivity contribution is 7.98. The smallest absolute Gasteiger partial charge is 0.251 e. The van der Waals surface area contributed by atoms with Crippen molar-refractivity contribution in [3.8, 4) is 0 Å². The van der Waals surface area contributed by atoms with E-state index in [4.69, 9.17) is 4.42 Å². The van der Waals surface area contributed by atoms with Gasteiger partial charge in [0.25, 0.3) is 5.91 Å². The largest absolute Gasteiger partial charge is 0.467 e. The van der Waals surface area contributed by atoms with Gasteiger partial charge in [-0.2, -0.15) is 0 Å². The van der Waals surface area contributed by atoms with Gasteiger partial charge in [-0.05, 0) is 54.4 Å². The number of carbonyl (C=O) groups excluding carboxylic acids is 1. The second-order valence-corrected chi connectivity index (χ2v) is 8.21. The molecule has 0 saturated carbocycles. The maximum Gasteiger partial charge on any atom is 0.251 e. The third kappa shape index (κ3) is 3.92. The molecule has 0 aliphatic carbocycles. The molecule has 0 saturated heterocycles. The van der Waals surface area contributed by atoms with E-state index in [0.717, 1.165) is 27.6 Å². The quantitative estimate of drug-likeness (QED) is 0.385. The number of rotatable bonds is 6. The van der Waals surface area contributed by atoms with Crippen molar-refractivity contribution in [3.63, 3.8) is 0 Å². The number of benzene rings is 2. The van der Waals surface area contributed by atoms with Crippen LogP contribution >= 0.6 is 11.8 Å². The summed E-state index contributed by atoms with van der Waals surface area (Å²) in [5, 5.41) is 13.7. The van der Waals surface area contributed by atoms with Crippen LogP contribution in [-0.2, 0) is 12.3 Å². The van der Waals surface area contributed by atoms with Gasteiger partial charge in [-0.15, -0.1) is 10.2 Å². The molecule has 5 rings (SSSR count). The Kier molecular flexibility index (Phi) is 5.18. The molecular formula is C24H20N4O2S. The third-order valence-electron chi connectivity index (χ3n) is 5.13. The Morgan fingerprint density at radius 2 is 1.97 bits per heavy atom. The summed E-state index contributed by atoms with van der Waals surface area (Å²) in [5.74, 6) is 1.28. The fraction of sp³-hybridized carbons (Fsp3) is 0.125. The maximum atomic E-state index is 12.5. The van der Waals surface area contributed by atoms with Crippen LogP contribution in [-0.4, -0.2) is 20.5 Å². The van der Waals surface area contributed by atoms with E-state index >= 15 is 0 Å². The predicted octanol–water partition coefficient (Wildman–Crippen LogP) is 5.01. The Balaban J connectivity index is 1.35. The molecule has 0 aliphatic heterocycles. The third-order valence-corrected chi connectivity index (χ3v) is 6.13. The number of amides is 1. The summed E-state index contributed by atoms with van der Waals surface area (Å²) in [6, 6.07) is 21.6. The minimum Gasteiger partial charge on any atom is -0.467 e. The molecule has 3 aromatic heterocycles. The number of nitrogens with zero attached hydrogens (tertiary/aromatic N) is 3. The van der Waals surface area contributed by atoms with Gasteiger partial charge < -0.3 is 9.73 Å². The molecule has 0 spiro atoms. The Hall–Kier alpha value is -3.58. The number of para-hydroxylation sites is 1. The number of fused-ring (bicyclic) bond motifs is 3. The van der Waals surface area contributed by atoms with Crippen molar-refractivity contribution in [3.05, 3.63) is 95.4 Å². The maximum absolute atomic E-state index is 12.5. The lowest BCUT2D eigenvalue weighted by Crippen LogP contribution is -2.22. The summed E-state index contributed by atoms with van der Waals surface area (Å²) in [5.41, 5.74) is 4.78. The molecule has 154 valence electrons. The van der Waals surface area contributed by atoms with Crippen molar-refractivity contribution in [2.75, 3.05) is 0 Å². The number of aryl methyl sites for hydroxylation is 1. The zero-order valence-corrected chi connectivity index (χ0v) is 17.7. The lowest BCUT2D eigenvalue weighted by Gasteiger charge is -2.08. The first-order valence-electron chi connectivity index (χ1n) is 9.95. The molecule has 0 bridgehead atoms. The summed E-state index contributed by atoms with van der Waals surface area (Å²) in [6.45, 7) is 2.45. The van der Waals surface area contributed by atoms with Crippen LogP contribution in [0.3, 0.4) is 0 Å². The Labute approximate surface area is 183 Å². The minimum atomic E-state index is -0.127. The molecule has 0 radical (unpaired) electrons. The van der Waals surface area contributed by atoms with E-state index in [0.29, 0.717) is 17.9 Å². The van der Waals surface area contributed by atoms with Crippen LogP contribution in [0.4, 0.5) is 0 Å². The molecule has 0 unspecified atom stereocenters. The molecule has 3 heterocycles. The van der Waals surface area contributed by atoms with Crippen LogP contribution in [0.5, 0.6) is 0 Å². The van der Waals surface area contributed by atoms with E-state index in [2.05, 4.69) is 45.0 Å². The lowest BCUT2D eigenvalue weighted by molar-refractivity contribution is 0.0948. The van der Waals surface area contributed by atoms with Crippen LogP contribution in [0.25, 0.3) is 16.6 Å². The van der Waals surface area contributed by atoms with Gasteiger partial charge in [0.2, 0.25) is 0 Å².